The zero-order chi connectivity index (χ0) is 17.5. The summed E-state index contributed by atoms with van der Waals surface area (Å²) in [5.41, 5.74) is 3.27. The quantitative estimate of drug-likeness (QED) is 0.930. The number of aryl methyl sites for hydroxylation is 1. The number of nitrogens with one attached hydrogen (secondary N) is 1. The molecule has 0 spiro atoms. The predicted molar refractivity (Wildman–Crippen MR) is 94.8 cm³/mol. The first kappa shape index (κ1) is 16.5. The van der Waals surface area contributed by atoms with E-state index < -0.39 is 10.0 Å². The van der Waals surface area contributed by atoms with E-state index in [4.69, 9.17) is 0 Å². The molecule has 0 aromatic heterocycles. The van der Waals surface area contributed by atoms with Crippen molar-refractivity contribution in [2.75, 3.05) is 9.62 Å². The third-order valence-electron chi connectivity index (χ3n) is 4.22. The fraction of sp³-hybridized carbons (Fsp3) is 0.278. The van der Waals surface area contributed by atoms with E-state index in [9.17, 15) is 13.2 Å². The third kappa shape index (κ3) is 3.01. The van der Waals surface area contributed by atoms with Crippen LogP contribution in [0.5, 0.6) is 0 Å². The van der Waals surface area contributed by atoms with Crippen molar-refractivity contribution in [1.82, 2.24) is 0 Å². The third-order valence-corrected chi connectivity index (χ3v) is 5.60. The molecule has 2 aromatic carbocycles. The highest BCUT2D eigenvalue weighted by Crippen LogP contribution is 2.34. The number of carbonyl (C=O) groups excluding carboxylic acids is 1. The van der Waals surface area contributed by atoms with Gasteiger partial charge in [-0.15, -0.1) is 0 Å². The Hall–Kier alpha value is -2.34. The SMILES string of the molecule is CC(=O)N1c2ccc(S(=O)(=O)Nc3ccc(C)cc3)cc2C[C@H]1C. The Balaban J connectivity index is 1.92. The van der Waals surface area contributed by atoms with Gasteiger partial charge < -0.3 is 4.90 Å². The van der Waals surface area contributed by atoms with Crippen LogP contribution >= 0.6 is 0 Å². The standard InChI is InChI=1S/C18H20N2O3S/c1-12-4-6-16(7-5-12)19-24(22,23)17-8-9-18-15(11-17)10-13(2)20(18)14(3)21/h4-9,11,13,19H,10H2,1-3H3/t13-/m1/s1. The summed E-state index contributed by atoms with van der Waals surface area (Å²) in [5, 5.41) is 0. The van der Waals surface area contributed by atoms with Crippen LogP contribution in [0.25, 0.3) is 0 Å². The van der Waals surface area contributed by atoms with Crippen molar-refractivity contribution >= 4 is 27.3 Å². The van der Waals surface area contributed by atoms with Gasteiger partial charge in [0.15, 0.2) is 0 Å². The summed E-state index contributed by atoms with van der Waals surface area (Å²) in [5.74, 6) is -0.0327. The van der Waals surface area contributed by atoms with Crippen molar-refractivity contribution in [1.29, 1.82) is 0 Å². The first-order chi connectivity index (χ1) is 11.3. The molecular weight excluding hydrogens is 324 g/mol. The topological polar surface area (TPSA) is 66.5 Å². The fourth-order valence-corrected chi connectivity index (χ4v) is 4.20. The number of hydrogen-bond acceptors (Lipinski definition) is 3. The lowest BCUT2D eigenvalue weighted by atomic mass is 10.1. The summed E-state index contributed by atoms with van der Waals surface area (Å²) in [6.07, 6.45) is 0.656. The maximum atomic E-state index is 12.6. The van der Waals surface area contributed by atoms with Gasteiger partial charge >= 0.3 is 0 Å². The van der Waals surface area contributed by atoms with E-state index >= 15 is 0 Å². The van der Waals surface area contributed by atoms with Crippen molar-refractivity contribution < 1.29 is 13.2 Å². The first-order valence-electron chi connectivity index (χ1n) is 7.80. The molecule has 1 aliphatic rings. The van der Waals surface area contributed by atoms with Gasteiger partial charge in [-0.2, -0.15) is 0 Å². The van der Waals surface area contributed by atoms with Crippen LogP contribution in [0.2, 0.25) is 0 Å². The Labute approximate surface area is 142 Å². The molecule has 2 aromatic rings. The highest BCUT2D eigenvalue weighted by atomic mass is 32.2. The molecule has 0 fully saturated rings. The minimum atomic E-state index is -3.66. The van der Waals surface area contributed by atoms with Crippen LogP contribution in [0.3, 0.4) is 0 Å². The Morgan fingerprint density at radius 1 is 1.17 bits per heavy atom. The molecule has 0 saturated carbocycles. The van der Waals surface area contributed by atoms with E-state index in [1.165, 1.54) is 6.92 Å². The van der Waals surface area contributed by atoms with Gasteiger partial charge in [0.05, 0.1) is 4.90 Å². The molecule has 5 nitrogen and oxygen atoms in total. The summed E-state index contributed by atoms with van der Waals surface area (Å²) >= 11 is 0. The molecule has 1 amide bonds. The second-order valence-corrected chi connectivity index (χ2v) is 7.89. The van der Waals surface area contributed by atoms with E-state index in [1.807, 2.05) is 26.0 Å². The van der Waals surface area contributed by atoms with E-state index in [0.717, 1.165) is 16.8 Å². The number of amides is 1. The number of nitrogens with zero attached hydrogens (tertiary/aromatic N) is 1. The molecular formula is C18H20N2O3S. The van der Waals surface area contributed by atoms with Gasteiger partial charge in [-0.05, 0) is 56.2 Å². The molecule has 6 heteroatoms. The van der Waals surface area contributed by atoms with E-state index in [2.05, 4.69) is 4.72 Å². The average Bonchev–Trinajstić information content (AvgIpc) is 2.84. The zero-order valence-corrected chi connectivity index (χ0v) is 14.7. The lowest BCUT2D eigenvalue weighted by molar-refractivity contribution is -0.116. The van der Waals surface area contributed by atoms with Crippen LogP contribution in [0.4, 0.5) is 11.4 Å². The van der Waals surface area contributed by atoms with Crippen LogP contribution in [0.1, 0.15) is 25.0 Å². The van der Waals surface area contributed by atoms with Crippen LogP contribution < -0.4 is 9.62 Å². The first-order valence-corrected chi connectivity index (χ1v) is 9.28. The molecule has 24 heavy (non-hydrogen) atoms. The number of hydrogen-bond donors (Lipinski definition) is 1. The monoisotopic (exact) mass is 344 g/mol. The molecule has 1 N–H and O–H groups in total. The van der Waals surface area contributed by atoms with Gasteiger partial charge in [0.25, 0.3) is 10.0 Å². The number of fused-ring (bicyclic) bond motifs is 1. The average molecular weight is 344 g/mol. The maximum absolute atomic E-state index is 12.6. The number of benzene rings is 2. The minimum Gasteiger partial charge on any atom is -0.309 e. The minimum absolute atomic E-state index is 0.0327. The molecule has 0 aliphatic carbocycles. The second kappa shape index (κ2) is 5.94. The van der Waals surface area contributed by atoms with E-state index in [1.54, 1.807) is 35.2 Å². The molecule has 1 aliphatic heterocycles. The normalized spacial score (nSPS) is 16.8. The van der Waals surface area contributed by atoms with Crippen molar-refractivity contribution in [3.05, 3.63) is 53.6 Å². The number of rotatable bonds is 3. The van der Waals surface area contributed by atoms with Gasteiger partial charge in [-0.3, -0.25) is 9.52 Å². The molecule has 126 valence electrons. The lowest BCUT2D eigenvalue weighted by Gasteiger charge is -2.20. The largest absolute Gasteiger partial charge is 0.309 e. The summed E-state index contributed by atoms with van der Waals surface area (Å²) in [6, 6.07) is 12.1. The van der Waals surface area contributed by atoms with Crippen molar-refractivity contribution in [3.63, 3.8) is 0 Å². The number of carbonyl (C=O) groups is 1. The maximum Gasteiger partial charge on any atom is 0.261 e. The highest BCUT2D eigenvalue weighted by Gasteiger charge is 2.30. The number of anilines is 2. The summed E-state index contributed by atoms with van der Waals surface area (Å²) in [7, 11) is -3.66. The smallest absolute Gasteiger partial charge is 0.261 e. The highest BCUT2D eigenvalue weighted by molar-refractivity contribution is 7.92. The lowest BCUT2D eigenvalue weighted by Crippen LogP contribution is -2.33. The predicted octanol–water partition coefficient (Wildman–Crippen LogP) is 3.09. The van der Waals surface area contributed by atoms with Gasteiger partial charge in [0.1, 0.15) is 0 Å². The van der Waals surface area contributed by atoms with E-state index in [-0.39, 0.29) is 16.8 Å². The van der Waals surface area contributed by atoms with Gasteiger partial charge in [0, 0.05) is 24.3 Å². The molecule has 1 atom stereocenters. The van der Waals surface area contributed by atoms with Crippen LogP contribution in [-0.4, -0.2) is 20.4 Å². The Bertz CT molecular complexity index is 889. The summed E-state index contributed by atoms with van der Waals surface area (Å²) in [4.78, 5) is 13.7. The summed E-state index contributed by atoms with van der Waals surface area (Å²) < 4.78 is 27.8. The van der Waals surface area contributed by atoms with Crippen molar-refractivity contribution in [2.45, 2.75) is 38.1 Å². The van der Waals surface area contributed by atoms with Crippen molar-refractivity contribution in [3.8, 4) is 0 Å². The molecule has 1 heterocycles. The Morgan fingerprint density at radius 2 is 1.83 bits per heavy atom. The van der Waals surface area contributed by atoms with E-state index in [0.29, 0.717) is 12.1 Å². The zero-order valence-electron chi connectivity index (χ0n) is 13.9. The molecule has 0 bridgehead atoms. The van der Waals surface area contributed by atoms with Gasteiger partial charge in [-0.25, -0.2) is 8.42 Å². The molecule has 0 unspecified atom stereocenters. The second-order valence-electron chi connectivity index (χ2n) is 6.20. The van der Waals surface area contributed by atoms with Crippen molar-refractivity contribution in [2.24, 2.45) is 0 Å². The molecule has 0 radical (unpaired) electrons. The Morgan fingerprint density at radius 3 is 2.46 bits per heavy atom. The summed E-state index contributed by atoms with van der Waals surface area (Å²) in [6.45, 7) is 5.43. The van der Waals surface area contributed by atoms with Gasteiger partial charge in [-0.1, -0.05) is 17.7 Å². The van der Waals surface area contributed by atoms with Crippen LogP contribution in [0.15, 0.2) is 47.4 Å². The van der Waals surface area contributed by atoms with Crippen LogP contribution in [0, 0.1) is 6.92 Å². The van der Waals surface area contributed by atoms with Crippen LogP contribution in [-0.2, 0) is 21.2 Å². The molecule has 3 rings (SSSR count). The number of sulfonamides is 1. The fourth-order valence-electron chi connectivity index (χ4n) is 3.09. The molecule has 0 saturated heterocycles. The Kier molecular flexibility index (Phi) is 4.09. The van der Waals surface area contributed by atoms with Gasteiger partial charge in [0.2, 0.25) is 5.91 Å².